The van der Waals surface area contributed by atoms with Crippen molar-refractivity contribution >= 4 is 46.4 Å². The fourth-order valence-corrected chi connectivity index (χ4v) is 9.00. The summed E-state index contributed by atoms with van der Waals surface area (Å²) >= 11 is 0. The number of rotatable bonds is 16. The van der Waals surface area contributed by atoms with Crippen LogP contribution in [0.15, 0.2) is 73.8 Å². The van der Waals surface area contributed by atoms with Crippen molar-refractivity contribution in [3.8, 4) is 45.6 Å². The summed E-state index contributed by atoms with van der Waals surface area (Å²) in [5.74, 6) is 3.95. The topological polar surface area (TPSA) is 130 Å². The zero-order valence-electron chi connectivity index (χ0n) is 38.0. The predicted octanol–water partition coefficient (Wildman–Crippen LogP) is 4.41. The van der Waals surface area contributed by atoms with Crippen molar-refractivity contribution < 1.29 is 37.2 Å². The van der Waals surface area contributed by atoms with E-state index in [1.165, 1.54) is 0 Å². The number of imidazole rings is 4. The number of nitrogens with one attached hydrogen (secondary N) is 2. The fourth-order valence-electron chi connectivity index (χ4n) is 9.00. The van der Waals surface area contributed by atoms with Gasteiger partial charge in [0.1, 0.15) is 98.0 Å². The Balaban J connectivity index is 1.48. The van der Waals surface area contributed by atoms with E-state index in [-0.39, 0.29) is 0 Å². The highest BCUT2D eigenvalue weighted by atomic mass is 16.5. The number of methoxy groups -OCH3 is 4. The molecule has 0 fully saturated rings. The summed E-state index contributed by atoms with van der Waals surface area (Å²) in [6, 6.07) is 8.65. The van der Waals surface area contributed by atoms with Crippen molar-refractivity contribution in [1.29, 1.82) is 0 Å². The first-order valence-corrected chi connectivity index (χ1v) is 21.6. The molecule has 9 heterocycles. The van der Waals surface area contributed by atoms with Gasteiger partial charge in [0.25, 0.3) is 23.3 Å². The van der Waals surface area contributed by atoms with Gasteiger partial charge in [-0.1, -0.05) is 0 Å². The van der Waals surface area contributed by atoms with E-state index >= 15 is 0 Å². The Labute approximate surface area is 372 Å². The van der Waals surface area contributed by atoms with Crippen molar-refractivity contribution in [3.05, 3.63) is 96.6 Å². The number of H-pyrrole nitrogens is 2. The van der Waals surface area contributed by atoms with Crippen molar-refractivity contribution in [2.75, 3.05) is 54.9 Å². The molecule has 16 heteroatoms. The van der Waals surface area contributed by atoms with Gasteiger partial charge in [0.2, 0.25) is 0 Å². The maximum atomic E-state index is 5.60. The lowest BCUT2D eigenvalue weighted by atomic mass is 10.1. The third kappa shape index (κ3) is 7.72. The lowest BCUT2D eigenvalue weighted by Gasteiger charge is -2.07. The first-order valence-electron chi connectivity index (χ1n) is 21.6. The highest BCUT2D eigenvalue weighted by molar-refractivity contribution is 5.97. The van der Waals surface area contributed by atoms with E-state index in [4.69, 9.17) is 28.9 Å². The monoisotopic (exact) mass is 866 g/mol. The van der Waals surface area contributed by atoms with Crippen LogP contribution in [0.2, 0.25) is 0 Å². The molecule has 0 atom stereocenters. The molecule has 7 aromatic heterocycles. The van der Waals surface area contributed by atoms with Crippen LogP contribution in [0.25, 0.3) is 91.9 Å². The molecule has 0 aliphatic carbocycles. The highest BCUT2D eigenvalue weighted by Crippen LogP contribution is 2.37. The molecule has 0 amide bonds. The highest BCUT2D eigenvalue weighted by Gasteiger charge is 2.31. The summed E-state index contributed by atoms with van der Waals surface area (Å²) in [7, 11) is 15.3. The molecule has 16 nitrogen and oxygen atoms in total. The third-order valence-electron chi connectivity index (χ3n) is 12.1. The van der Waals surface area contributed by atoms with E-state index in [1.807, 2.05) is 0 Å². The smallest absolute Gasteiger partial charge is 0.293 e. The molecular weight excluding hydrogens is 809 g/mol. The SMILES string of the molecule is COCCn1cc[n+](C)c1-c1c2nc(c(-c3n(CCOC)cc[n+]3C)c3ccc([nH]3)c(-c3n(CCOC)cc[n+]3C)c3nc(c(-c4n(CCOC)cc[n+]4C)c4ccc1[nH]4)C=C3)C=C2. The molecule has 0 spiro atoms. The quantitative estimate of drug-likeness (QED) is 0.139. The van der Waals surface area contributed by atoms with Crippen molar-refractivity contribution in [2.45, 2.75) is 26.2 Å². The predicted molar refractivity (Wildman–Crippen MR) is 245 cm³/mol. The van der Waals surface area contributed by atoms with Gasteiger partial charge in [-0.25, -0.2) is 46.5 Å². The molecule has 2 aliphatic heterocycles. The van der Waals surface area contributed by atoms with Gasteiger partial charge >= 0.3 is 0 Å². The molecule has 0 saturated carbocycles. The Morgan fingerprint density at radius 1 is 0.406 bits per heavy atom. The van der Waals surface area contributed by atoms with Gasteiger partial charge in [0.05, 0.1) is 99.5 Å². The van der Waals surface area contributed by atoms with E-state index in [1.54, 1.807) is 28.4 Å². The zero-order chi connectivity index (χ0) is 44.5. The largest absolute Gasteiger partial charge is 0.381 e. The van der Waals surface area contributed by atoms with Crippen molar-refractivity contribution in [1.82, 2.24) is 38.2 Å². The third-order valence-corrected chi connectivity index (χ3v) is 12.1. The molecule has 64 heavy (non-hydrogen) atoms. The molecule has 0 radical (unpaired) electrons. The van der Waals surface area contributed by atoms with Gasteiger partial charge in [-0.05, 0) is 48.6 Å². The molecule has 8 bridgehead atoms. The van der Waals surface area contributed by atoms with Gasteiger partial charge < -0.3 is 28.9 Å². The van der Waals surface area contributed by atoms with Crippen LogP contribution < -0.4 is 18.3 Å². The standard InChI is InChI=1S/C48H57N12O4/c1-53-17-21-57(25-29-61-5)45(53)41-33-9-11-35(49-33)42(46-54(2)18-22-58(46)26-30-62-6)37-13-15-39(51-37)44(48-56(4)20-24-60(48)28-32-64-8)40-16-14-38(52-40)43(36-12-10-34(41)50-36)47-55(3)19-23-59(47)27-31-63-7/h9-24H,25-32H2,1-8H3,(H,49,50,51,52)/q+3/p+1. The molecule has 0 saturated heterocycles. The number of ether oxygens (including phenoxy) is 4. The van der Waals surface area contributed by atoms with Crippen LogP contribution in [0.3, 0.4) is 0 Å². The van der Waals surface area contributed by atoms with E-state index in [2.05, 4.69) is 173 Å². The number of nitrogens with zero attached hydrogens (tertiary/aromatic N) is 10. The summed E-state index contributed by atoms with van der Waals surface area (Å²) in [6.45, 7) is 4.86. The van der Waals surface area contributed by atoms with E-state index in [0.717, 1.165) is 90.4 Å². The van der Waals surface area contributed by atoms with Crippen LogP contribution in [0.5, 0.6) is 0 Å². The van der Waals surface area contributed by atoms with Crippen LogP contribution in [0.1, 0.15) is 22.8 Å². The summed E-state index contributed by atoms with van der Waals surface area (Å²) in [4.78, 5) is 19.0. The normalized spacial score (nSPS) is 12.4. The first kappa shape index (κ1) is 42.6. The molecule has 9 rings (SSSR count). The Bertz CT molecular complexity index is 2680. The summed E-state index contributed by atoms with van der Waals surface area (Å²) in [6.07, 6.45) is 25.3. The number of aromatic amines is 2. The number of fused-ring (bicyclic) bond motifs is 8. The van der Waals surface area contributed by atoms with E-state index in [0.29, 0.717) is 52.6 Å². The Morgan fingerprint density at radius 3 is 0.859 bits per heavy atom. The molecule has 2 aliphatic rings. The number of hydrogen-bond acceptors (Lipinski definition) is 6. The Hall–Kier alpha value is -6.72. The molecule has 0 unspecified atom stereocenters. The van der Waals surface area contributed by atoms with Crippen LogP contribution in [0, 0.1) is 0 Å². The second-order valence-corrected chi connectivity index (χ2v) is 16.2. The summed E-state index contributed by atoms with van der Waals surface area (Å²) < 4.78 is 39.9. The minimum Gasteiger partial charge on any atom is -0.381 e. The molecule has 2 N–H and O–H groups in total. The van der Waals surface area contributed by atoms with Crippen LogP contribution in [-0.2, 0) is 73.3 Å². The van der Waals surface area contributed by atoms with Gasteiger partial charge in [0, 0.05) is 28.4 Å². The first-order chi connectivity index (χ1) is 31.2. The number of aromatic nitrogens is 12. The van der Waals surface area contributed by atoms with Gasteiger partial charge in [0.15, 0.2) is 0 Å². The van der Waals surface area contributed by atoms with E-state index in [9.17, 15) is 0 Å². The molecule has 330 valence electrons. The maximum Gasteiger partial charge on any atom is 0.293 e. The van der Waals surface area contributed by atoms with Crippen molar-refractivity contribution in [2.24, 2.45) is 28.2 Å². The average molecular weight is 867 g/mol. The zero-order valence-corrected chi connectivity index (χ0v) is 38.0. The van der Waals surface area contributed by atoms with Gasteiger partial charge in [-0.3, -0.25) is 0 Å². The number of hydrogen-bond donors (Lipinski definition) is 2. The second kappa shape index (κ2) is 18.2. The summed E-state index contributed by atoms with van der Waals surface area (Å²) in [5.41, 5.74) is 10.8. The van der Waals surface area contributed by atoms with Crippen LogP contribution >= 0.6 is 0 Å². The van der Waals surface area contributed by atoms with Gasteiger partial charge in [-0.2, -0.15) is 0 Å². The fraction of sp³-hybridized carbons (Fsp3) is 0.333. The lowest BCUT2D eigenvalue weighted by Crippen LogP contribution is -2.30. The molecule has 0 aromatic carbocycles. The minimum absolute atomic E-state index is 0.554. The lowest BCUT2D eigenvalue weighted by molar-refractivity contribution is -0.659. The number of aryl methyl sites for hydroxylation is 4. The van der Waals surface area contributed by atoms with Crippen LogP contribution in [0.4, 0.5) is 0 Å². The Morgan fingerprint density at radius 2 is 0.641 bits per heavy atom. The van der Waals surface area contributed by atoms with Crippen molar-refractivity contribution in [3.63, 3.8) is 0 Å². The van der Waals surface area contributed by atoms with E-state index < -0.39 is 0 Å². The Kier molecular flexibility index (Phi) is 12.1. The minimum atomic E-state index is 0.554. The average Bonchev–Trinajstić information content (AvgIpc) is 4.16. The molecular formula is C48H58N12O4+4. The van der Waals surface area contributed by atoms with Gasteiger partial charge in [-0.15, -0.1) is 0 Å². The molecule has 7 aromatic rings. The maximum absolute atomic E-state index is 5.60. The summed E-state index contributed by atoms with van der Waals surface area (Å²) in [5, 5.41) is 0. The second-order valence-electron chi connectivity index (χ2n) is 16.2. The van der Waals surface area contributed by atoms with Crippen LogP contribution in [-0.4, -0.2) is 93.1 Å².